The monoisotopic (exact) mass is 173 g/mol. The Morgan fingerprint density at radius 3 is 2.92 bits per heavy atom. The minimum Gasteiger partial charge on any atom is -0.479 e. The van der Waals surface area contributed by atoms with Gasteiger partial charge in [0.1, 0.15) is 0 Å². The Morgan fingerprint density at radius 2 is 2.42 bits per heavy atom. The van der Waals surface area contributed by atoms with E-state index in [1.54, 1.807) is 7.11 Å². The molecule has 12 heavy (non-hydrogen) atoms. The molecule has 5 nitrogen and oxygen atoms in total. The van der Waals surface area contributed by atoms with Crippen molar-refractivity contribution in [1.29, 1.82) is 0 Å². The summed E-state index contributed by atoms with van der Waals surface area (Å²) in [6.07, 6.45) is 1.73. The van der Waals surface area contributed by atoms with E-state index in [4.69, 9.17) is 9.84 Å². The molecule has 0 heterocycles. The van der Waals surface area contributed by atoms with E-state index in [1.165, 1.54) is 0 Å². The number of hydrogen-bond acceptors (Lipinski definition) is 4. The van der Waals surface area contributed by atoms with Crippen LogP contribution in [-0.2, 0) is 14.4 Å². The van der Waals surface area contributed by atoms with Crippen molar-refractivity contribution in [3.05, 3.63) is 0 Å². The van der Waals surface area contributed by atoms with Gasteiger partial charge < -0.3 is 14.7 Å². The normalized spacial score (nSPS) is 21.4. The SMILES string of the molecule is COC1CC(=NOCC(=O)O)C1. The van der Waals surface area contributed by atoms with Crippen molar-refractivity contribution in [2.24, 2.45) is 5.16 Å². The Morgan fingerprint density at radius 1 is 1.75 bits per heavy atom. The highest BCUT2D eigenvalue weighted by Crippen LogP contribution is 2.19. The third-order valence-corrected chi connectivity index (χ3v) is 1.64. The molecule has 0 amide bonds. The molecular weight excluding hydrogens is 162 g/mol. The lowest BCUT2D eigenvalue weighted by Gasteiger charge is -2.25. The number of carboxylic acids is 1. The smallest absolute Gasteiger partial charge is 0.344 e. The van der Waals surface area contributed by atoms with E-state index in [2.05, 4.69) is 9.99 Å². The van der Waals surface area contributed by atoms with E-state index in [-0.39, 0.29) is 12.7 Å². The average Bonchev–Trinajstić information content (AvgIpc) is 1.93. The first-order valence-electron chi connectivity index (χ1n) is 3.64. The van der Waals surface area contributed by atoms with Crippen LogP contribution in [0.25, 0.3) is 0 Å². The number of rotatable bonds is 4. The summed E-state index contributed by atoms with van der Waals surface area (Å²) >= 11 is 0. The Hall–Kier alpha value is -1.10. The molecule has 1 rings (SSSR count). The molecule has 0 aromatic rings. The van der Waals surface area contributed by atoms with Gasteiger partial charge in [-0.3, -0.25) is 0 Å². The van der Waals surface area contributed by atoms with E-state index in [1.807, 2.05) is 0 Å². The number of oxime groups is 1. The summed E-state index contributed by atoms with van der Waals surface area (Å²) in [7, 11) is 1.64. The quantitative estimate of drug-likeness (QED) is 0.619. The van der Waals surface area contributed by atoms with Crippen LogP contribution in [0, 0.1) is 0 Å². The van der Waals surface area contributed by atoms with Gasteiger partial charge in [-0.05, 0) is 0 Å². The number of carboxylic acid groups (broad SMARTS) is 1. The van der Waals surface area contributed by atoms with Crippen LogP contribution in [0.15, 0.2) is 5.16 Å². The highest BCUT2D eigenvalue weighted by molar-refractivity contribution is 5.90. The van der Waals surface area contributed by atoms with Crippen LogP contribution in [0.3, 0.4) is 0 Å². The maximum atomic E-state index is 9.99. The van der Waals surface area contributed by atoms with Crippen molar-refractivity contribution in [2.75, 3.05) is 13.7 Å². The lowest BCUT2D eigenvalue weighted by atomic mass is 9.93. The van der Waals surface area contributed by atoms with Gasteiger partial charge in [-0.15, -0.1) is 0 Å². The first-order chi connectivity index (χ1) is 5.72. The van der Waals surface area contributed by atoms with Crippen molar-refractivity contribution in [3.63, 3.8) is 0 Å². The molecule has 1 aliphatic rings. The molecule has 5 heteroatoms. The molecule has 0 bridgehead atoms. The summed E-state index contributed by atoms with van der Waals surface area (Å²) in [5, 5.41) is 11.8. The highest BCUT2D eigenvalue weighted by Gasteiger charge is 2.24. The third-order valence-electron chi connectivity index (χ3n) is 1.64. The van der Waals surface area contributed by atoms with Gasteiger partial charge in [-0.2, -0.15) is 0 Å². The van der Waals surface area contributed by atoms with Gasteiger partial charge in [-0.25, -0.2) is 4.79 Å². The second kappa shape index (κ2) is 4.06. The van der Waals surface area contributed by atoms with Crippen LogP contribution in [0.5, 0.6) is 0 Å². The van der Waals surface area contributed by atoms with Gasteiger partial charge in [0.25, 0.3) is 0 Å². The minimum atomic E-state index is -1.01. The van der Waals surface area contributed by atoms with Crippen molar-refractivity contribution < 1.29 is 19.5 Å². The molecule has 1 fully saturated rings. The van der Waals surface area contributed by atoms with Crippen LogP contribution < -0.4 is 0 Å². The first-order valence-corrected chi connectivity index (χ1v) is 3.64. The van der Waals surface area contributed by atoms with Crippen LogP contribution in [-0.4, -0.2) is 36.6 Å². The first kappa shape index (κ1) is 8.99. The molecular formula is C7H11NO4. The van der Waals surface area contributed by atoms with E-state index < -0.39 is 5.97 Å². The molecule has 1 N–H and O–H groups in total. The van der Waals surface area contributed by atoms with Gasteiger partial charge in [0.05, 0.1) is 11.8 Å². The zero-order valence-corrected chi connectivity index (χ0v) is 6.82. The second-order valence-corrected chi connectivity index (χ2v) is 2.59. The summed E-state index contributed by atoms with van der Waals surface area (Å²) < 4.78 is 4.99. The molecule has 0 aromatic heterocycles. The maximum Gasteiger partial charge on any atom is 0.344 e. The fourth-order valence-corrected chi connectivity index (χ4v) is 0.886. The molecule has 0 spiro atoms. The van der Waals surface area contributed by atoms with Gasteiger partial charge >= 0.3 is 5.97 Å². The standard InChI is InChI=1S/C7H11NO4/c1-11-6-2-5(3-6)8-12-4-7(9)10/h6H,2-4H2,1H3,(H,9,10). The average molecular weight is 173 g/mol. The van der Waals surface area contributed by atoms with Gasteiger partial charge in [0.15, 0.2) is 0 Å². The number of methoxy groups -OCH3 is 1. The van der Waals surface area contributed by atoms with E-state index >= 15 is 0 Å². The van der Waals surface area contributed by atoms with Crippen molar-refractivity contribution in [3.8, 4) is 0 Å². The topological polar surface area (TPSA) is 68.1 Å². The van der Waals surface area contributed by atoms with Crippen LogP contribution in [0.1, 0.15) is 12.8 Å². The van der Waals surface area contributed by atoms with E-state index in [9.17, 15) is 4.79 Å². The number of ether oxygens (including phenoxy) is 1. The maximum absolute atomic E-state index is 9.99. The molecule has 1 saturated carbocycles. The number of aliphatic carboxylic acids is 1. The predicted molar refractivity (Wildman–Crippen MR) is 41.1 cm³/mol. The summed E-state index contributed by atoms with van der Waals surface area (Å²) in [5.74, 6) is -1.01. The summed E-state index contributed by atoms with van der Waals surface area (Å²) in [6.45, 7) is -0.374. The summed E-state index contributed by atoms with van der Waals surface area (Å²) in [4.78, 5) is 14.5. The number of nitrogens with zero attached hydrogens (tertiary/aromatic N) is 1. The fraction of sp³-hybridized carbons (Fsp3) is 0.714. The molecule has 0 aromatic carbocycles. The number of hydrogen-bond donors (Lipinski definition) is 1. The molecule has 1 aliphatic carbocycles. The Bertz CT molecular complexity index is 194. The van der Waals surface area contributed by atoms with Gasteiger partial charge in [0, 0.05) is 20.0 Å². The summed E-state index contributed by atoms with van der Waals surface area (Å²) in [6, 6.07) is 0. The molecule has 0 saturated heterocycles. The predicted octanol–water partition coefficient (Wildman–Crippen LogP) is 0.252. The molecule has 0 aliphatic heterocycles. The highest BCUT2D eigenvalue weighted by atomic mass is 16.6. The van der Waals surface area contributed by atoms with Gasteiger partial charge in [0.2, 0.25) is 6.61 Å². The lowest BCUT2D eigenvalue weighted by molar-refractivity contribution is -0.142. The van der Waals surface area contributed by atoms with Crippen LogP contribution >= 0.6 is 0 Å². The van der Waals surface area contributed by atoms with E-state index in [0.717, 1.165) is 18.6 Å². The lowest BCUT2D eigenvalue weighted by Crippen LogP contribution is -2.30. The Kier molecular flexibility index (Phi) is 3.04. The minimum absolute atomic E-state index is 0.233. The Labute approximate surface area is 70.0 Å². The third kappa shape index (κ3) is 2.50. The van der Waals surface area contributed by atoms with Gasteiger partial charge in [-0.1, -0.05) is 5.16 Å². The Balaban J connectivity index is 2.11. The fourth-order valence-electron chi connectivity index (χ4n) is 0.886. The summed E-state index contributed by atoms with van der Waals surface area (Å²) in [5.41, 5.74) is 0.864. The second-order valence-electron chi connectivity index (χ2n) is 2.59. The van der Waals surface area contributed by atoms with Crippen LogP contribution in [0.2, 0.25) is 0 Å². The van der Waals surface area contributed by atoms with Crippen molar-refractivity contribution in [2.45, 2.75) is 18.9 Å². The molecule has 0 unspecified atom stereocenters. The van der Waals surface area contributed by atoms with E-state index in [0.29, 0.717) is 0 Å². The molecule has 0 radical (unpaired) electrons. The molecule has 68 valence electrons. The van der Waals surface area contributed by atoms with Crippen LogP contribution in [0.4, 0.5) is 0 Å². The number of carbonyl (C=O) groups is 1. The van der Waals surface area contributed by atoms with Crippen molar-refractivity contribution in [1.82, 2.24) is 0 Å². The largest absolute Gasteiger partial charge is 0.479 e. The van der Waals surface area contributed by atoms with Crippen molar-refractivity contribution >= 4 is 11.7 Å². The molecule has 0 atom stereocenters. The zero-order chi connectivity index (χ0) is 8.97. The zero-order valence-electron chi connectivity index (χ0n) is 6.82.